The molecule has 6 heterocycles. The molecule has 162 valence electrons. The highest BCUT2D eigenvalue weighted by molar-refractivity contribution is 6.00. The monoisotopic (exact) mass is 439 g/mol. The van der Waals surface area contributed by atoms with E-state index < -0.39 is 0 Å². The molecule has 0 aromatic carbocycles. The van der Waals surface area contributed by atoms with Crippen LogP contribution in [-0.2, 0) is 0 Å². The van der Waals surface area contributed by atoms with Gasteiger partial charge in [-0.15, -0.1) is 17.5 Å². The molecule has 0 atom stereocenters. The topological polar surface area (TPSA) is 83.4 Å². The van der Waals surface area contributed by atoms with Crippen molar-refractivity contribution in [1.29, 1.82) is 0 Å². The number of pyridine rings is 2. The average molecular weight is 440 g/mol. The Morgan fingerprint density at radius 3 is 2.68 bits per heavy atom. The summed E-state index contributed by atoms with van der Waals surface area (Å²) in [5.74, 6) is 1.84. The quantitative estimate of drug-likeness (QED) is 0.507. The van der Waals surface area contributed by atoms with Crippen LogP contribution in [-0.4, -0.2) is 56.6 Å². The molecule has 0 bridgehead atoms. The third kappa shape index (κ3) is 3.30. The van der Waals surface area contributed by atoms with Gasteiger partial charge in [0.1, 0.15) is 11.6 Å². The lowest BCUT2D eigenvalue weighted by Crippen LogP contribution is -2.62. The molecule has 8 nitrogen and oxygen atoms in total. The first-order chi connectivity index (χ1) is 14.7. The second-order valence-corrected chi connectivity index (χ2v) is 8.30. The number of nitrogens with one attached hydrogen (secondary N) is 2. The van der Waals surface area contributed by atoms with Crippen molar-refractivity contribution in [3.8, 4) is 16.9 Å². The van der Waals surface area contributed by atoms with Crippen LogP contribution < -0.4 is 15.0 Å². The predicted octanol–water partition coefficient (Wildman–Crippen LogP) is 3.43. The second kappa shape index (κ2) is 7.69. The van der Waals surface area contributed by atoms with Gasteiger partial charge in [-0.3, -0.25) is 5.10 Å². The van der Waals surface area contributed by atoms with Crippen LogP contribution in [0.3, 0.4) is 0 Å². The van der Waals surface area contributed by atoms with Gasteiger partial charge in [-0.1, -0.05) is 0 Å². The summed E-state index contributed by atoms with van der Waals surface area (Å²) in [5.41, 5.74) is 4.26. The molecule has 2 aliphatic rings. The maximum absolute atomic E-state index is 5.78. The van der Waals surface area contributed by atoms with Gasteiger partial charge in [0.15, 0.2) is 5.65 Å². The van der Waals surface area contributed by atoms with Crippen LogP contribution in [0.25, 0.3) is 27.7 Å². The van der Waals surface area contributed by atoms with Gasteiger partial charge in [0, 0.05) is 36.0 Å². The summed E-state index contributed by atoms with van der Waals surface area (Å²) in [6.07, 6.45) is 9.40. The largest absolute Gasteiger partial charge is 0.492 e. The van der Waals surface area contributed by atoms with E-state index in [1.54, 1.807) is 0 Å². The molecular formula is C22H26ClN7O. The number of rotatable bonds is 4. The van der Waals surface area contributed by atoms with E-state index in [0.717, 1.165) is 52.3 Å². The van der Waals surface area contributed by atoms with Gasteiger partial charge in [-0.25, -0.2) is 9.50 Å². The highest BCUT2D eigenvalue weighted by atomic mass is 35.5. The number of aromatic nitrogens is 5. The Morgan fingerprint density at radius 1 is 1.16 bits per heavy atom. The van der Waals surface area contributed by atoms with Crippen LogP contribution in [0.15, 0.2) is 36.8 Å². The molecule has 6 rings (SSSR count). The highest BCUT2D eigenvalue weighted by Gasteiger charge is 2.39. The third-order valence-electron chi connectivity index (χ3n) is 6.62. The number of fused-ring (bicyclic) bond motifs is 3. The molecule has 4 aromatic heterocycles. The van der Waals surface area contributed by atoms with E-state index in [9.17, 15) is 0 Å². The standard InChI is InChI=1S/C22H25N7O.ClH/c1-2-30-16-11-17(20-18-13-25-26-21(18)27-29(20)14-16)15-3-4-19(23-12-15)28-9-6-22(7-10-28)5-8-24-22;/h3-4,11-14,24H,2,5-10H2,1H3,(H,26,27);1H. The first kappa shape index (κ1) is 20.1. The molecule has 0 unspecified atom stereocenters. The lowest BCUT2D eigenvalue weighted by molar-refractivity contribution is 0.163. The molecule has 1 spiro atoms. The highest BCUT2D eigenvalue weighted by Crippen LogP contribution is 2.35. The number of hydrogen-bond acceptors (Lipinski definition) is 6. The maximum atomic E-state index is 5.78. The number of H-pyrrole nitrogens is 1. The van der Waals surface area contributed by atoms with Gasteiger partial charge >= 0.3 is 0 Å². The summed E-state index contributed by atoms with van der Waals surface area (Å²) in [5, 5.41) is 16.3. The zero-order valence-corrected chi connectivity index (χ0v) is 18.3. The fourth-order valence-electron chi connectivity index (χ4n) is 4.81. The Labute approximate surface area is 186 Å². The summed E-state index contributed by atoms with van der Waals surface area (Å²) in [4.78, 5) is 7.21. The molecule has 0 aliphatic carbocycles. The van der Waals surface area contributed by atoms with E-state index >= 15 is 0 Å². The van der Waals surface area contributed by atoms with E-state index in [-0.39, 0.29) is 12.4 Å². The van der Waals surface area contributed by atoms with Crippen molar-refractivity contribution in [2.24, 2.45) is 0 Å². The van der Waals surface area contributed by atoms with Gasteiger partial charge < -0.3 is 15.0 Å². The van der Waals surface area contributed by atoms with E-state index in [0.29, 0.717) is 12.1 Å². The minimum atomic E-state index is 0. The Bertz CT molecular complexity index is 1200. The van der Waals surface area contributed by atoms with Crippen LogP contribution >= 0.6 is 12.4 Å². The third-order valence-corrected chi connectivity index (χ3v) is 6.62. The van der Waals surface area contributed by atoms with Gasteiger partial charge in [0.25, 0.3) is 0 Å². The molecule has 4 aromatic rings. The van der Waals surface area contributed by atoms with Gasteiger partial charge in [0.05, 0.1) is 29.9 Å². The Morgan fingerprint density at radius 2 is 2.00 bits per heavy atom. The lowest BCUT2D eigenvalue weighted by Gasteiger charge is -2.49. The summed E-state index contributed by atoms with van der Waals surface area (Å²) in [7, 11) is 0. The van der Waals surface area contributed by atoms with Crippen LogP contribution in [0.4, 0.5) is 5.82 Å². The number of aromatic amines is 1. The van der Waals surface area contributed by atoms with Crippen LogP contribution in [0.1, 0.15) is 26.2 Å². The summed E-state index contributed by atoms with van der Waals surface area (Å²) < 4.78 is 7.65. The summed E-state index contributed by atoms with van der Waals surface area (Å²) in [6.45, 7) is 5.87. The second-order valence-electron chi connectivity index (χ2n) is 8.30. The van der Waals surface area contributed by atoms with Crippen LogP contribution in [0, 0.1) is 0 Å². The number of piperidine rings is 1. The minimum Gasteiger partial charge on any atom is -0.492 e. The number of halogens is 1. The van der Waals surface area contributed by atoms with E-state index in [2.05, 4.69) is 43.7 Å². The molecule has 2 N–H and O–H groups in total. The van der Waals surface area contributed by atoms with E-state index in [4.69, 9.17) is 9.72 Å². The molecule has 2 saturated heterocycles. The first-order valence-electron chi connectivity index (χ1n) is 10.7. The van der Waals surface area contributed by atoms with Crippen molar-refractivity contribution in [1.82, 2.24) is 30.1 Å². The maximum Gasteiger partial charge on any atom is 0.178 e. The summed E-state index contributed by atoms with van der Waals surface area (Å²) in [6, 6.07) is 6.35. The molecule has 0 saturated carbocycles. The van der Waals surface area contributed by atoms with Crippen molar-refractivity contribution in [3.05, 3.63) is 36.8 Å². The fourth-order valence-corrected chi connectivity index (χ4v) is 4.81. The van der Waals surface area contributed by atoms with Gasteiger partial charge in [0.2, 0.25) is 0 Å². The predicted molar refractivity (Wildman–Crippen MR) is 123 cm³/mol. The molecule has 2 fully saturated rings. The SMILES string of the molecule is CCOc1cc(-c2ccc(N3CCC4(CCN4)CC3)nc2)c2c3cn[nH]c3nn2c1.Cl. The van der Waals surface area contributed by atoms with Crippen molar-refractivity contribution in [2.75, 3.05) is 31.1 Å². The Kier molecular flexibility index (Phi) is 4.98. The van der Waals surface area contributed by atoms with Crippen molar-refractivity contribution in [2.45, 2.75) is 31.7 Å². The van der Waals surface area contributed by atoms with E-state index in [1.807, 2.05) is 30.0 Å². The van der Waals surface area contributed by atoms with Crippen molar-refractivity contribution < 1.29 is 4.74 Å². The summed E-state index contributed by atoms with van der Waals surface area (Å²) >= 11 is 0. The Balaban J connectivity index is 0.00000204. The molecule has 31 heavy (non-hydrogen) atoms. The van der Waals surface area contributed by atoms with Gasteiger partial charge in [-0.2, -0.15) is 5.10 Å². The van der Waals surface area contributed by atoms with Crippen LogP contribution in [0.2, 0.25) is 0 Å². The molecule has 0 amide bonds. The lowest BCUT2D eigenvalue weighted by atomic mass is 9.79. The zero-order chi connectivity index (χ0) is 20.1. The minimum absolute atomic E-state index is 0. The number of anilines is 1. The molecule has 9 heteroatoms. The first-order valence-corrected chi connectivity index (χ1v) is 10.7. The molecular weight excluding hydrogens is 414 g/mol. The van der Waals surface area contributed by atoms with Crippen LogP contribution in [0.5, 0.6) is 5.75 Å². The van der Waals surface area contributed by atoms with E-state index in [1.165, 1.54) is 25.8 Å². The van der Waals surface area contributed by atoms with Gasteiger partial charge in [-0.05, 0) is 50.9 Å². The smallest absolute Gasteiger partial charge is 0.178 e. The fraction of sp³-hybridized carbons (Fsp3) is 0.409. The van der Waals surface area contributed by atoms with Crippen molar-refractivity contribution >= 4 is 34.8 Å². The molecule has 0 radical (unpaired) electrons. The number of hydrogen-bond donors (Lipinski definition) is 2. The zero-order valence-electron chi connectivity index (χ0n) is 17.5. The van der Waals surface area contributed by atoms with Crippen molar-refractivity contribution in [3.63, 3.8) is 0 Å². The average Bonchev–Trinajstić information content (AvgIpc) is 3.34. The normalized spacial score (nSPS) is 17.6. The number of ether oxygens (including phenoxy) is 1. The Hall–Kier alpha value is -2.84. The number of nitrogens with zero attached hydrogens (tertiary/aromatic N) is 5. The molecule has 2 aliphatic heterocycles.